The molecule has 2 aromatic carbocycles. The SMILES string of the molecule is N#C/C(=C\c1ccccc1OCC(=O)Nc1nccs1)c1nc(-c2cc3ccccc3oc2=O)cs1. The van der Waals surface area contributed by atoms with Crippen LogP contribution in [-0.2, 0) is 4.79 Å². The third-order valence-electron chi connectivity index (χ3n) is 5.03. The second kappa shape index (κ2) is 10.4. The number of anilines is 1. The van der Waals surface area contributed by atoms with Crippen molar-refractivity contribution in [2.24, 2.45) is 0 Å². The van der Waals surface area contributed by atoms with Crippen LogP contribution in [0.3, 0.4) is 0 Å². The third kappa shape index (κ3) is 5.07. The lowest BCUT2D eigenvalue weighted by molar-refractivity contribution is -0.118. The molecular formula is C26H16N4O4S2. The molecule has 0 fully saturated rings. The Morgan fingerprint density at radius 1 is 1.17 bits per heavy atom. The first-order chi connectivity index (χ1) is 17.6. The average Bonchev–Trinajstić information content (AvgIpc) is 3.59. The number of para-hydroxylation sites is 2. The Morgan fingerprint density at radius 2 is 2.00 bits per heavy atom. The summed E-state index contributed by atoms with van der Waals surface area (Å²) in [6.07, 6.45) is 3.24. The normalized spacial score (nSPS) is 11.2. The Bertz CT molecular complexity index is 1680. The first-order valence-corrected chi connectivity index (χ1v) is 12.4. The number of rotatable bonds is 7. The van der Waals surface area contributed by atoms with Gasteiger partial charge in [0, 0.05) is 27.9 Å². The molecule has 0 spiro atoms. The minimum atomic E-state index is -0.497. The smallest absolute Gasteiger partial charge is 0.345 e. The largest absolute Gasteiger partial charge is 0.483 e. The van der Waals surface area contributed by atoms with Crippen LogP contribution in [0.2, 0.25) is 0 Å². The molecule has 3 heterocycles. The van der Waals surface area contributed by atoms with Crippen LogP contribution in [0.4, 0.5) is 5.13 Å². The summed E-state index contributed by atoms with van der Waals surface area (Å²) < 4.78 is 11.1. The van der Waals surface area contributed by atoms with E-state index in [1.54, 1.807) is 65.5 Å². The number of hydrogen-bond donors (Lipinski definition) is 1. The van der Waals surface area contributed by atoms with Gasteiger partial charge in [-0.3, -0.25) is 10.1 Å². The molecule has 0 bridgehead atoms. The van der Waals surface area contributed by atoms with E-state index in [0.717, 1.165) is 5.39 Å². The number of nitrogens with zero attached hydrogens (tertiary/aromatic N) is 3. The molecule has 0 atom stereocenters. The number of benzene rings is 2. The lowest BCUT2D eigenvalue weighted by Crippen LogP contribution is -2.20. The van der Waals surface area contributed by atoms with Crippen molar-refractivity contribution in [3.63, 3.8) is 0 Å². The van der Waals surface area contributed by atoms with E-state index in [4.69, 9.17) is 9.15 Å². The first kappa shape index (κ1) is 23.2. The van der Waals surface area contributed by atoms with E-state index in [1.165, 1.54) is 22.7 Å². The van der Waals surface area contributed by atoms with E-state index in [2.05, 4.69) is 21.4 Å². The van der Waals surface area contributed by atoms with Crippen molar-refractivity contribution in [2.75, 3.05) is 11.9 Å². The van der Waals surface area contributed by atoms with Crippen molar-refractivity contribution in [3.05, 3.63) is 92.5 Å². The molecule has 1 N–H and O–H groups in total. The van der Waals surface area contributed by atoms with Crippen molar-refractivity contribution in [2.45, 2.75) is 0 Å². The van der Waals surface area contributed by atoms with Crippen LogP contribution in [0.1, 0.15) is 10.6 Å². The van der Waals surface area contributed by atoms with Gasteiger partial charge in [-0.1, -0.05) is 36.4 Å². The third-order valence-corrected chi connectivity index (χ3v) is 6.59. The van der Waals surface area contributed by atoms with Gasteiger partial charge in [-0.2, -0.15) is 5.26 Å². The molecular weight excluding hydrogens is 496 g/mol. The Hall–Kier alpha value is -4.59. The van der Waals surface area contributed by atoms with Crippen LogP contribution in [0.25, 0.3) is 33.9 Å². The van der Waals surface area contributed by atoms with Crippen molar-refractivity contribution < 1.29 is 13.9 Å². The molecule has 5 aromatic rings. The van der Waals surface area contributed by atoms with Gasteiger partial charge in [-0.15, -0.1) is 22.7 Å². The molecule has 10 heteroatoms. The highest BCUT2D eigenvalue weighted by molar-refractivity contribution is 7.13. The van der Waals surface area contributed by atoms with Crippen molar-refractivity contribution in [1.82, 2.24) is 9.97 Å². The molecule has 5 rings (SSSR count). The standard InChI is InChI=1S/C26H16N4O4S2/c27-13-18(11-16-5-1-3-7-21(16)33-14-23(31)30-26-28-9-10-35-26)24-29-20(15-36-24)19-12-17-6-2-4-8-22(17)34-25(19)32/h1-12,15H,14H2,(H,28,30,31)/b18-11+. The number of carbonyl (C=O) groups is 1. The summed E-state index contributed by atoms with van der Waals surface area (Å²) in [7, 11) is 0. The number of fused-ring (bicyclic) bond motifs is 1. The summed E-state index contributed by atoms with van der Waals surface area (Å²) in [5, 5.41) is 17.7. The van der Waals surface area contributed by atoms with Gasteiger partial charge in [0.2, 0.25) is 0 Å². The van der Waals surface area contributed by atoms with Gasteiger partial charge in [-0.25, -0.2) is 14.8 Å². The fraction of sp³-hybridized carbons (Fsp3) is 0.0385. The number of aromatic nitrogens is 2. The van der Waals surface area contributed by atoms with Crippen molar-refractivity contribution in [3.8, 4) is 23.1 Å². The summed E-state index contributed by atoms with van der Waals surface area (Å²) in [6, 6.07) is 18.2. The Balaban J connectivity index is 1.39. The zero-order chi connectivity index (χ0) is 24.9. The highest BCUT2D eigenvalue weighted by atomic mass is 32.1. The van der Waals surface area contributed by atoms with Gasteiger partial charge in [0.15, 0.2) is 11.7 Å². The van der Waals surface area contributed by atoms with E-state index in [-0.39, 0.29) is 12.5 Å². The predicted molar refractivity (Wildman–Crippen MR) is 140 cm³/mol. The molecule has 0 aliphatic rings. The van der Waals surface area contributed by atoms with Crippen LogP contribution in [0.5, 0.6) is 5.75 Å². The second-order valence-electron chi connectivity index (χ2n) is 7.41. The van der Waals surface area contributed by atoms with E-state index < -0.39 is 5.63 Å². The summed E-state index contributed by atoms with van der Waals surface area (Å²) in [6.45, 7) is -0.217. The van der Waals surface area contributed by atoms with Crippen LogP contribution >= 0.6 is 22.7 Å². The number of nitrogens with one attached hydrogen (secondary N) is 1. The summed E-state index contributed by atoms with van der Waals surface area (Å²) in [4.78, 5) is 33.2. The highest BCUT2D eigenvalue weighted by Crippen LogP contribution is 2.29. The lowest BCUT2D eigenvalue weighted by Gasteiger charge is -2.09. The Labute approximate surface area is 212 Å². The summed E-state index contributed by atoms with van der Waals surface area (Å²) in [5.41, 5.74) is 1.65. The predicted octanol–water partition coefficient (Wildman–Crippen LogP) is 5.45. The molecule has 0 aliphatic heterocycles. The number of carbonyl (C=O) groups excluding carboxylic acids is 1. The molecule has 0 radical (unpaired) electrons. The van der Waals surface area contributed by atoms with E-state index in [9.17, 15) is 14.9 Å². The van der Waals surface area contributed by atoms with Gasteiger partial charge in [-0.05, 0) is 24.3 Å². The topological polar surface area (TPSA) is 118 Å². The Kier molecular flexibility index (Phi) is 6.66. The van der Waals surface area contributed by atoms with Gasteiger partial charge < -0.3 is 9.15 Å². The lowest BCUT2D eigenvalue weighted by atomic mass is 10.1. The number of amides is 1. The van der Waals surface area contributed by atoms with Gasteiger partial charge in [0.05, 0.1) is 16.8 Å². The minimum absolute atomic E-state index is 0.217. The number of hydrogen-bond acceptors (Lipinski definition) is 9. The zero-order valence-corrected chi connectivity index (χ0v) is 20.1. The van der Waals surface area contributed by atoms with Gasteiger partial charge in [0.1, 0.15) is 22.4 Å². The number of thiazole rings is 2. The summed E-state index contributed by atoms with van der Waals surface area (Å²) in [5.74, 6) is 0.0921. The molecule has 0 saturated heterocycles. The number of nitriles is 1. The highest BCUT2D eigenvalue weighted by Gasteiger charge is 2.15. The van der Waals surface area contributed by atoms with Crippen molar-refractivity contribution >= 4 is 56.3 Å². The molecule has 3 aromatic heterocycles. The molecule has 0 aliphatic carbocycles. The maximum absolute atomic E-state index is 12.5. The average molecular weight is 513 g/mol. The Morgan fingerprint density at radius 3 is 2.83 bits per heavy atom. The van der Waals surface area contributed by atoms with Crippen LogP contribution < -0.4 is 15.7 Å². The molecule has 176 valence electrons. The fourth-order valence-electron chi connectivity index (χ4n) is 3.37. The van der Waals surface area contributed by atoms with E-state index >= 15 is 0 Å². The van der Waals surface area contributed by atoms with Crippen LogP contribution in [0.15, 0.2) is 80.8 Å². The monoisotopic (exact) mass is 512 g/mol. The number of ether oxygens (including phenoxy) is 1. The minimum Gasteiger partial charge on any atom is -0.483 e. The van der Waals surface area contributed by atoms with Crippen molar-refractivity contribution in [1.29, 1.82) is 5.26 Å². The molecule has 1 amide bonds. The molecule has 0 unspecified atom stereocenters. The zero-order valence-electron chi connectivity index (χ0n) is 18.5. The summed E-state index contributed by atoms with van der Waals surface area (Å²) >= 11 is 2.55. The van der Waals surface area contributed by atoms with Gasteiger partial charge >= 0.3 is 5.63 Å². The molecule has 36 heavy (non-hydrogen) atoms. The fourth-order valence-corrected chi connectivity index (χ4v) is 4.70. The maximum atomic E-state index is 12.5. The second-order valence-corrected chi connectivity index (χ2v) is 9.16. The molecule has 8 nitrogen and oxygen atoms in total. The van der Waals surface area contributed by atoms with Gasteiger partial charge in [0.25, 0.3) is 5.91 Å². The molecule has 0 saturated carbocycles. The number of allylic oxidation sites excluding steroid dienone is 1. The maximum Gasteiger partial charge on any atom is 0.345 e. The van der Waals surface area contributed by atoms with E-state index in [0.29, 0.717) is 43.9 Å². The van der Waals surface area contributed by atoms with Crippen LogP contribution in [-0.4, -0.2) is 22.5 Å². The first-order valence-electron chi connectivity index (χ1n) is 10.6. The quantitative estimate of drug-likeness (QED) is 0.227. The van der Waals surface area contributed by atoms with Crippen LogP contribution in [0, 0.1) is 11.3 Å². The van der Waals surface area contributed by atoms with E-state index in [1.807, 2.05) is 12.1 Å².